The Bertz CT molecular complexity index is 297. The fraction of sp³-hybridized carbons (Fsp3) is 0.929. The molecule has 0 heterocycles. The van der Waals surface area contributed by atoms with Crippen molar-refractivity contribution < 1.29 is 9.90 Å². The molecule has 0 aliphatic heterocycles. The van der Waals surface area contributed by atoms with Crippen LogP contribution in [0.1, 0.15) is 40.5 Å². The summed E-state index contributed by atoms with van der Waals surface area (Å²) >= 11 is 0. The average molecular weight is 224 g/mol. The van der Waals surface area contributed by atoms with Gasteiger partial charge in [-0.2, -0.15) is 0 Å². The first kappa shape index (κ1) is 12.1. The highest BCUT2D eigenvalue weighted by Gasteiger charge is 2.59. The molecule has 2 saturated carbocycles. The lowest BCUT2D eigenvalue weighted by molar-refractivity contribution is -0.127. The van der Waals surface area contributed by atoms with Crippen molar-refractivity contribution in [2.24, 2.45) is 35.0 Å². The standard InChI is InChI=1S/C14H24O2/c1-8(2)10-5-6-14(4)9(3)12(10)13(16)11(14)7-15/h8-12,15H,5-7H2,1-4H3/t9?,10-,11?,12?,14?/m1/s1. The number of hydrogen-bond acceptors (Lipinski definition) is 2. The number of aliphatic hydroxyl groups excluding tert-OH is 1. The summed E-state index contributed by atoms with van der Waals surface area (Å²) < 4.78 is 0. The van der Waals surface area contributed by atoms with E-state index in [1.807, 2.05) is 0 Å². The molecule has 2 nitrogen and oxygen atoms in total. The molecule has 0 aromatic heterocycles. The van der Waals surface area contributed by atoms with Gasteiger partial charge >= 0.3 is 0 Å². The highest BCUT2D eigenvalue weighted by Crippen LogP contribution is 2.59. The van der Waals surface area contributed by atoms with Crippen molar-refractivity contribution in [3.63, 3.8) is 0 Å². The summed E-state index contributed by atoms with van der Waals surface area (Å²) in [5.41, 5.74) is 0.0574. The molecule has 2 bridgehead atoms. The largest absolute Gasteiger partial charge is 0.396 e. The second kappa shape index (κ2) is 3.83. The van der Waals surface area contributed by atoms with E-state index in [1.54, 1.807) is 0 Å². The Labute approximate surface area is 98.4 Å². The van der Waals surface area contributed by atoms with Crippen LogP contribution in [0.15, 0.2) is 0 Å². The number of ketones is 1. The number of Topliss-reactive ketones (excluding diaryl/α,β-unsaturated/α-hetero) is 1. The van der Waals surface area contributed by atoms with Gasteiger partial charge in [-0.15, -0.1) is 0 Å². The van der Waals surface area contributed by atoms with Crippen LogP contribution in [0, 0.1) is 35.0 Å². The summed E-state index contributed by atoms with van der Waals surface area (Å²) in [7, 11) is 0. The van der Waals surface area contributed by atoms with Gasteiger partial charge < -0.3 is 5.11 Å². The van der Waals surface area contributed by atoms with Crippen LogP contribution in [0.25, 0.3) is 0 Å². The monoisotopic (exact) mass is 224 g/mol. The van der Waals surface area contributed by atoms with Gasteiger partial charge in [-0.3, -0.25) is 4.79 Å². The molecule has 16 heavy (non-hydrogen) atoms. The molecule has 5 atom stereocenters. The molecule has 92 valence electrons. The summed E-state index contributed by atoms with van der Waals surface area (Å²) in [5.74, 6) is 2.00. The number of fused-ring (bicyclic) bond motifs is 2. The van der Waals surface area contributed by atoms with Crippen LogP contribution >= 0.6 is 0 Å². The minimum atomic E-state index is -0.101. The summed E-state index contributed by atoms with van der Waals surface area (Å²) in [6.45, 7) is 8.90. The van der Waals surface area contributed by atoms with E-state index in [-0.39, 0.29) is 23.9 Å². The predicted molar refractivity (Wildman–Crippen MR) is 63.9 cm³/mol. The van der Waals surface area contributed by atoms with Crippen LogP contribution in [0.5, 0.6) is 0 Å². The maximum absolute atomic E-state index is 12.4. The summed E-state index contributed by atoms with van der Waals surface area (Å²) in [6.07, 6.45) is 2.26. The molecular formula is C14H24O2. The van der Waals surface area contributed by atoms with Crippen LogP contribution in [0.4, 0.5) is 0 Å². The molecule has 0 aromatic rings. The van der Waals surface area contributed by atoms with Gasteiger partial charge in [0.1, 0.15) is 5.78 Å². The van der Waals surface area contributed by atoms with Gasteiger partial charge in [0.25, 0.3) is 0 Å². The summed E-state index contributed by atoms with van der Waals surface area (Å²) in [4.78, 5) is 12.4. The maximum atomic E-state index is 12.4. The van der Waals surface area contributed by atoms with E-state index in [2.05, 4.69) is 27.7 Å². The molecule has 0 saturated heterocycles. The summed E-state index contributed by atoms with van der Waals surface area (Å²) in [6, 6.07) is 0. The van der Waals surface area contributed by atoms with Gasteiger partial charge in [-0.1, -0.05) is 27.7 Å². The van der Waals surface area contributed by atoms with Crippen LogP contribution in [-0.4, -0.2) is 17.5 Å². The number of aliphatic hydroxyl groups is 1. The third kappa shape index (κ3) is 1.38. The van der Waals surface area contributed by atoms with Crippen molar-refractivity contribution in [3.8, 4) is 0 Å². The van der Waals surface area contributed by atoms with E-state index in [0.717, 1.165) is 12.8 Å². The Morgan fingerprint density at radius 1 is 1.50 bits per heavy atom. The number of hydrogen-bond donors (Lipinski definition) is 1. The van der Waals surface area contributed by atoms with Gasteiger partial charge in [-0.25, -0.2) is 0 Å². The van der Waals surface area contributed by atoms with Crippen molar-refractivity contribution >= 4 is 5.78 Å². The Morgan fingerprint density at radius 3 is 2.62 bits per heavy atom. The first-order chi connectivity index (χ1) is 7.43. The van der Waals surface area contributed by atoms with Gasteiger partial charge in [0.2, 0.25) is 0 Å². The number of carbonyl (C=O) groups is 1. The fourth-order valence-electron chi connectivity index (χ4n) is 4.22. The van der Waals surface area contributed by atoms with Crippen molar-refractivity contribution in [2.75, 3.05) is 6.61 Å². The minimum absolute atomic E-state index is 0.0426. The third-order valence-corrected chi connectivity index (χ3v) is 5.56. The van der Waals surface area contributed by atoms with E-state index in [0.29, 0.717) is 23.5 Å². The lowest BCUT2D eigenvalue weighted by atomic mass is 9.61. The number of rotatable bonds is 2. The molecule has 2 aliphatic rings. The minimum Gasteiger partial charge on any atom is -0.396 e. The van der Waals surface area contributed by atoms with Crippen LogP contribution in [-0.2, 0) is 4.79 Å². The molecule has 1 N–H and O–H groups in total. The lowest BCUT2D eigenvalue weighted by Gasteiger charge is -2.42. The van der Waals surface area contributed by atoms with E-state index in [4.69, 9.17) is 0 Å². The molecule has 2 aliphatic carbocycles. The Balaban J connectivity index is 2.35. The quantitative estimate of drug-likeness (QED) is 0.782. The molecule has 0 amide bonds. The van der Waals surface area contributed by atoms with Gasteiger partial charge in [-0.05, 0) is 36.0 Å². The normalized spacial score (nSPS) is 47.8. The zero-order valence-corrected chi connectivity index (χ0v) is 10.9. The van der Waals surface area contributed by atoms with Crippen molar-refractivity contribution in [2.45, 2.75) is 40.5 Å². The molecule has 0 radical (unpaired) electrons. The topological polar surface area (TPSA) is 37.3 Å². The summed E-state index contributed by atoms with van der Waals surface area (Å²) in [5, 5.41) is 9.47. The Kier molecular flexibility index (Phi) is 2.90. The van der Waals surface area contributed by atoms with Gasteiger partial charge in [0, 0.05) is 11.8 Å². The fourth-order valence-corrected chi connectivity index (χ4v) is 4.22. The van der Waals surface area contributed by atoms with E-state index >= 15 is 0 Å². The van der Waals surface area contributed by atoms with Crippen LogP contribution in [0.3, 0.4) is 0 Å². The highest BCUT2D eigenvalue weighted by atomic mass is 16.3. The molecule has 2 fully saturated rings. The SMILES string of the molecule is CC(C)[C@H]1CCC2(C)C(CO)C(=O)C1C2C. The molecule has 0 spiro atoms. The van der Waals surface area contributed by atoms with Crippen molar-refractivity contribution in [3.05, 3.63) is 0 Å². The molecule has 2 rings (SSSR count). The molecular weight excluding hydrogens is 200 g/mol. The zero-order chi connectivity index (χ0) is 12.1. The van der Waals surface area contributed by atoms with Gasteiger partial charge in [0.15, 0.2) is 0 Å². The second-order valence-electron chi connectivity index (χ2n) is 6.40. The van der Waals surface area contributed by atoms with Crippen molar-refractivity contribution in [1.29, 1.82) is 0 Å². The zero-order valence-electron chi connectivity index (χ0n) is 10.9. The first-order valence-corrected chi connectivity index (χ1v) is 6.58. The third-order valence-electron chi connectivity index (χ3n) is 5.56. The van der Waals surface area contributed by atoms with E-state index in [9.17, 15) is 9.90 Å². The first-order valence-electron chi connectivity index (χ1n) is 6.58. The lowest BCUT2D eigenvalue weighted by Crippen LogP contribution is -2.37. The maximum Gasteiger partial charge on any atom is 0.142 e. The van der Waals surface area contributed by atoms with Crippen molar-refractivity contribution in [1.82, 2.24) is 0 Å². The van der Waals surface area contributed by atoms with E-state index < -0.39 is 0 Å². The Morgan fingerprint density at radius 2 is 2.12 bits per heavy atom. The number of carbonyl (C=O) groups excluding carboxylic acids is 1. The molecule has 0 aromatic carbocycles. The van der Waals surface area contributed by atoms with Crippen LogP contribution < -0.4 is 0 Å². The predicted octanol–water partition coefficient (Wildman–Crippen LogP) is 2.50. The second-order valence-corrected chi connectivity index (χ2v) is 6.40. The van der Waals surface area contributed by atoms with Crippen LogP contribution in [0.2, 0.25) is 0 Å². The smallest absolute Gasteiger partial charge is 0.142 e. The van der Waals surface area contributed by atoms with Gasteiger partial charge in [0.05, 0.1) is 6.61 Å². The Hall–Kier alpha value is -0.370. The molecule has 4 unspecified atom stereocenters. The average Bonchev–Trinajstić information content (AvgIpc) is 2.33. The highest BCUT2D eigenvalue weighted by molar-refractivity contribution is 5.88. The van der Waals surface area contributed by atoms with E-state index in [1.165, 1.54) is 0 Å². The molecule has 2 heteroatoms.